The van der Waals surface area contributed by atoms with E-state index in [0.29, 0.717) is 24.9 Å². The van der Waals surface area contributed by atoms with Crippen molar-refractivity contribution < 1.29 is 9.13 Å². The monoisotopic (exact) mass is 351 g/mol. The van der Waals surface area contributed by atoms with Gasteiger partial charge in [-0.2, -0.15) is 0 Å². The van der Waals surface area contributed by atoms with Crippen molar-refractivity contribution in [2.45, 2.75) is 0 Å². The molecule has 1 fully saturated rings. The first kappa shape index (κ1) is 14.2. The van der Waals surface area contributed by atoms with Crippen LogP contribution in [-0.2, 0) is 4.74 Å². The molecule has 1 saturated heterocycles. The molecule has 1 heterocycles. The van der Waals surface area contributed by atoms with E-state index in [2.05, 4.69) is 4.99 Å². The van der Waals surface area contributed by atoms with Crippen LogP contribution >= 0.6 is 24.0 Å². The summed E-state index contributed by atoms with van der Waals surface area (Å²) in [7, 11) is 0. The highest BCUT2D eigenvalue weighted by Gasteiger charge is 2.11. The van der Waals surface area contributed by atoms with Crippen LogP contribution in [0.1, 0.15) is 0 Å². The van der Waals surface area contributed by atoms with Crippen LogP contribution in [0.25, 0.3) is 0 Å². The fourth-order valence-corrected chi connectivity index (χ4v) is 1.51. The van der Waals surface area contributed by atoms with E-state index in [4.69, 9.17) is 10.5 Å². The lowest BCUT2D eigenvalue weighted by atomic mass is 10.3. The largest absolute Gasteiger partial charge is 0.378 e. The van der Waals surface area contributed by atoms with Crippen LogP contribution in [0.3, 0.4) is 0 Å². The topological polar surface area (TPSA) is 50.8 Å². The maximum absolute atomic E-state index is 12.7. The van der Waals surface area contributed by atoms with E-state index in [9.17, 15) is 4.39 Å². The fraction of sp³-hybridized carbons (Fsp3) is 0.364. The third-order valence-electron chi connectivity index (χ3n) is 2.41. The Morgan fingerprint density at radius 3 is 2.41 bits per heavy atom. The molecule has 0 radical (unpaired) electrons. The fourth-order valence-electron chi connectivity index (χ4n) is 1.51. The second-order valence-corrected chi connectivity index (χ2v) is 3.55. The van der Waals surface area contributed by atoms with Gasteiger partial charge in [-0.25, -0.2) is 9.38 Å². The standard InChI is InChI=1S/C11H14FN3O.HI/c12-9-1-3-10(4-2-9)14-11(13)15-5-7-16-8-6-15;/h1-4H,5-8H2,(H2,13,14);1H. The SMILES string of the molecule is I.NC(=Nc1ccc(F)cc1)N1CCOCC1. The summed E-state index contributed by atoms with van der Waals surface area (Å²) in [5.74, 6) is 0.179. The Morgan fingerprint density at radius 2 is 1.82 bits per heavy atom. The number of hydrogen-bond donors (Lipinski definition) is 1. The van der Waals surface area contributed by atoms with Gasteiger partial charge in [0.1, 0.15) is 5.82 Å². The van der Waals surface area contributed by atoms with Gasteiger partial charge < -0.3 is 15.4 Å². The number of halogens is 2. The predicted octanol–water partition coefficient (Wildman–Crippen LogP) is 1.72. The first-order chi connectivity index (χ1) is 7.75. The molecule has 0 atom stereocenters. The van der Waals surface area contributed by atoms with Crippen molar-refractivity contribution in [3.8, 4) is 0 Å². The van der Waals surface area contributed by atoms with Gasteiger partial charge in [0, 0.05) is 13.1 Å². The maximum atomic E-state index is 12.7. The van der Waals surface area contributed by atoms with Crippen LogP contribution < -0.4 is 5.73 Å². The molecule has 0 unspecified atom stereocenters. The zero-order valence-electron chi connectivity index (χ0n) is 9.30. The Bertz CT molecular complexity index is 377. The van der Waals surface area contributed by atoms with Gasteiger partial charge in [0.25, 0.3) is 0 Å². The Labute approximate surface area is 117 Å². The smallest absolute Gasteiger partial charge is 0.196 e. The molecular weight excluding hydrogens is 336 g/mol. The van der Waals surface area contributed by atoms with Crippen molar-refractivity contribution in [2.24, 2.45) is 10.7 Å². The maximum Gasteiger partial charge on any atom is 0.196 e. The molecule has 4 nitrogen and oxygen atoms in total. The molecule has 0 amide bonds. The van der Waals surface area contributed by atoms with Crippen LogP contribution in [0.15, 0.2) is 29.3 Å². The first-order valence-electron chi connectivity index (χ1n) is 5.18. The van der Waals surface area contributed by atoms with Gasteiger partial charge in [0.05, 0.1) is 18.9 Å². The van der Waals surface area contributed by atoms with E-state index in [1.54, 1.807) is 12.1 Å². The molecule has 0 bridgehead atoms. The van der Waals surface area contributed by atoms with Crippen LogP contribution in [0.5, 0.6) is 0 Å². The average molecular weight is 351 g/mol. The lowest BCUT2D eigenvalue weighted by molar-refractivity contribution is 0.0675. The van der Waals surface area contributed by atoms with E-state index in [1.165, 1.54) is 12.1 Å². The summed E-state index contributed by atoms with van der Waals surface area (Å²) in [6, 6.07) is 5.93. The molecule has 1 aliphatic heterocycles. The number of hydrogen-bond acceptors (Lipinski definition) is 2. The van der Waals surface area contributed by atoms with Gasteiger partial charge in [0.15, 0.2) is 5.96 Å². The number of guanidine groups is 1. The number of benzene rings is 1. The summed E-state index contributed by atoms with van der Waals surface area (Å²) >= 11 is 0. The number of morpholine rings is 1. The van der Waals surface area contributed by atoms with Gasteiger partial charge in [-0.05, 0) is 24.3 Å². The van der Waals surface area contributed by atoms with Gasteiger partial charge in [-0.15, -0.1) is 24.0 Å². The highest BCUT2D eigenvalue weighted by Crippen LogP contribution is 2.12. The summed E-state index contributed by atoms with van der Waals surface area (Å²) < 4.78 is 17.9. The summed E-state index contributed by atoms with van der Waals surface area (Å²) in [6.45, 7) is 2.83. The molecule has 2 N–H and O–H groups in total. The second kappa shape index (κ2) is 6.75. The van der Waals surface area contributed by atoms with Crippen LogP contribution in [0, 0.1) is 5.82 Å². The van der Waals surface area contributed by atoms with Crippen molar-refractivity contribution in [1.29, 1.82) is 0 Å². The zero-order valence-corrected chi connectivity index (χ0v) is 11.6. The third-order valence-corrected chi connectivity index (χ3v) is 2.41. The van der Waals surface area contributed by atoms with Gasteiger partial charge in [0.2, 0.25) is 0 Å². The summed E-state index contributed by atoms with van der Waals surface area (Å²) in [4.78, 5) is 6.17. The second-order valence-electron chi connectivity index (χ2n) is 3.55. The Morgan fingerprint density at radius 1 is 1.24 bits per heavy atom. The molecule has 6 heteroatoms. The molecule has 1 aromatic rings. The van der Waals surface area contributed by atoms with Gasteiger partial charge in [-0.3, -0.25) is 0 Å². The molecule has 0 spiro atoms. The van der Waals surface area contributed by atoms with Crippen molar-refractivity contribution in [1.82, 2.24) is 4.90 Å². The van der Waals surface area contributed by atoms with Gasteiger partial charge in [-0.1, -0.05) is 0 Å². The van der Waals surface area contributed by atoms with E-state index in [-0.39, 0.29) is 29.8 Å². The molecule has 1 aromatic carbocycles. The quantitative estimate of drug-likeness (QED) is 0.476. The highest BCUT2D eigenvalue weighted by atomic mass is 127. The van der Waals surface area contributed by atoms with E-state index in [1.807, 2.05) is 4.90 Å². The average Bonchev–Trinajstić information content (AvgIpc) is 2.33. The molecule has 0 aliphatic carbocycles. The van der Waals surface area contributed by atoms with Crippen LogP contribution in [0.2, 0.25) is 0 Å². The van der Waals surface area contributed by atoms with Gasteiger partial charge >= 0.3 is 0 Å². The predicted molar refractivity (Wildman–Crippen MR) is 75.5 cm³/mol. The van der Waals surface area contributed by atoms with Crippen molar-refractivity contribution in [3.63, 3.8) is 0 Å². The number of aliphatic imine (C=N–C) groups is 1. The highest BCUT2D eigenvalue weighted by molar-refractivity contribution is 14.0. The lowest BCUT2D eigenvalue weighted by Gasteiger charge is -2.27. The van der Waals surface area contributed by atoms with E-state index >= 15 is 0 Å². The lowest BCUT2D eigenvalue weighted by Crippen LogP contribution is -2.44. The number of nitrogens with two attached hydrogens (primary N) is 1. The van der Waals surface area contributed by atoms with Crippen molar-refractivity contribution in [2.75, 3.05) is 26.3 Å². The summed E-state index contributed by atoms with van der Waals surface area (Å²) in [5, 5.41) is 0. The molecule has 0 aromatic heterocycles. The number of ether oxygens (including phenoxy) is 1. The van der Waals surface area contributed by atoms with E-state index < -0.39 is 0 Å². The molecule has 2 rings (SSSR count). The number of rotatable bonds is 1. The van der Waals surface area contributed by atoms with Crippen molar-refractivity contribution >= 4 is 35.6 Å². The zero-order chi connectivity index (χ0) is 11.4. The molecule has 94 valence electrons. The van der Waals surface area contributed by atoms with Crippen LogP contribution in [-0.4, -0.2) is 37.2 Å². The minimum atomic E-state index is -0.274. The van der Waals surface area contributed by atoms with Crippen molar-refractivity contribution in [3.05, 3.63) is 30.1 Å². The molecular formula is C11H15FIN3O. The Balaban J connectivity index is 0.00000144. The van der Waals surface area contributed by atoms with E-state index in [0.717, 1.165) is 13.1 Å². The molecule has 0 saturated carbocycles. The van der Waals surface area contributed by atoms with Crippen LogP contribution in [0.4, 0.5) is 10.1 Å². The summed E-state index contributed by atoms with van der Waals surface area (Å²) in [6.07, 6.45) is 0. The third kappa shape index (κ3) is 4.12. The minimum Gasteiger partial charge on any atom is -0.378 e. The number of nitrogens with zero attached hydrogens (tertiary/aromatic N) is 2. The minimum absolute atomic E-state index is 0. The summed E-state index contributed by atoms with van der Waals surface area (Å²) in [5.41, 5.74) is 6.50. The normalized spacial score (nSPS) is 16.5. The Kier molecular flexibility index (Phi) is 5.63. The molecule has 17 heavy (non-hydrogen) atoms. The Hall–Kier alpha value is -0.890. The molecule has 1 aliphatic rings. The first-order valence-corrected chi connectivity index (χ1v) is 5.18.